The number of amides is 2. The third kappa shape index (κ3) is 4.95. The third-order valence-electron chi connectivity index (χ3n) is 6.69. The highest BCUT2D eigenvalue weighted by Crippen LogP contribution is 2.33. The van der Waals surface area contributed by atoms with E-state index in [0.717, 1.165) is 50.5 Å². The van der Waals surface area contributed by atoms with Crippen LogP contribution in [-0.4, -0.2) is 41.8 Å². The number of nitrogens with one attached hydrogen (secondary N) is 2. The molecule has 32 heavy (non-hydrogen) atoms. The molecule has 2 saturated carbocycles. The summed E-state index contributed by atoms with van der Waals surface area (Å²) in [6, 6.07) is 10.3. The molecule has 1 aliphatic heterocycles. The maximum atomic E-state index is 12.8. The molecule has 1 aromatic heterocycles. The average molecular weight is 474 g/mol. The number of benzene rings is 1. The van der Waals surface area contributed by atoms with E-state index >= 15 is 0 Å². The van der Waals surface area contributed by atoms with Crippen molar-refractivity contribution in [2.24, 2.45) is 0 Å². The SMILES string of the molecule is O=C(Nc1ccc2c(c1)CCN(C1CC1)CC2)OC1(NC(=O)c2ccc(Cl)s2)CCCC1. The van der Waals surface area contributed by atoms with Gasteiger partial charge in [-0.15, -0.1) is 11.3 Å². The van der Waals surface area contributed by atoms with Crippen LogP contribution in [-0.2, 0) is 17.6 Å². The first kappa shape index (κ1) is 21.7. The number of rotatable bonds is 5. The summed E-state index contributed by atoms with van der Waals surface area (Å²) < 4.78 is 6.36. The summed E-state index contributed by atoms with van der Waals surface area (Å²) >= 11 is 7.17. The summed E-state index contributed by atoms with van der Waals surface area (Å²) in [6.07, 6.45) is 7.17. The second-order valence-corrected chi connectivity index (χ2v) is 10.7. The first-order valence-electron chi connectivity index (χ1n) is 11.4. The normalized spacial score (nSPS) is 20.3. The highest BCUT2D eigenvalue weighted by Gasteiger charge is 2.40. The molecular weight excluding hydrogens is 446 g/mol. The lowest BCUT2D eigenvalue weighted by molar-refractivity contribution is 0.0000571. The molecular formula is C24H28ClN3O3S. The van der Waals surface area contributed by atoms with Crippen LogP contribution in [0.2, 0.25) is 4.34 Å². The molecule has 2 aliphatic carbocycles. The van der Waals surface area contributed by atoms with Crippen molar-refractivity contribution in [2.75, 3.05) is 18.4 Å². The zero-order chi connectivity index (χ0) is 22.1. The monoisotopic (exact) mass is 473 g/mol. The van der Waals surface area contributed by atoms with E-state index in [4.69, 9.17) is 16.3 Å². The van der Waals surface area contributed by atoms with Crippen LogP contribution in [0.15, 0.2) is 30.3 Å². The fraction of sp³-hybridized carbons (Fsp3) is 0.500. The number of fused-ring (bicyclic) bond motifs is 1. The van der Waals surface area contributed by atoms with Gasteiger partial charge in [0.1, 0.15) is 0 Å². The quantitative estimate of drug-likeness (QED) is 0.584. The minimum Gasteiger partial charge on any atom is -0.423 e. The lowest BCUT2D eigenvalue weighted by Crippen LogP contribution is -2.50. The van der Waals surface area contributed by atoms with E-state index in [1.54, 1.807) is 12.1 Å². The predicted molar refractivity (Wildman–Crippen MR) is 127 cm³/mol. The Bertz CT molecular complexity index is 1010. The van der Waals surface area contributed by atoms with E-state index in [1.165, 1.54) is 35.3 Å². The van der Waals surface area contributed by atoms with Gasteiger partial charge in [-0.25, -0.2) is 4.79 Å². The molecule has 8 heteroatoms. The Kier molecular flexibility index (Phi) is 6.14. The molecule has 0 atom stereocenters. The molecule has 1 aromatic carbocycles. The van der Waals surface area contributed by atoms with Crippen LogP contribution in [0.4, 0.5) is 10.5 Å². The molecule has 0 bridgehead atoms. The average Bonchev–Trinajstić information content (AvgIpc) is 3.42. The zero-order valence-corrected chi connectivity index (χ0v) is 19.6. The lowest BCUT2D eigenvalue weighted by atomic mass is 10.0. The fourth-order valence-corrected chi connectivity index (χ4v) is 5.79. The summed E-state index contributed by atoms with van der Waals surface area (Å²) in [5, 5.41) is 5.83. The van der Waals surface area contributed by atoms with Crippen molar-refractivity contribution in [3.8, 4) is 0 Å². The van der Waals surface area contributed by atoms with Crippen LogP contribution >= 0.6 is 22.9 Å². The fourth-order valence-electron chi connectivity index (χ4n) is 4.85. The largest absolute Gasteiger partial charge is 0.423 e. The smallest absolute Gasteiger partial charge is 0.413 e. The second-order valence-electron chi connectivity index (χ2n) is 9.02. The maximum absolute atomic E-state index is 12.8. The first-order valence-corrected chi connectivity index (χ1v) is 12.6. The van der Waals surface area contributed by atoms with Crippen LogP contribution in [0.3, 0.4) is 0 Å². The van der Waals surface area contributed by atoms with Gasteiger partial charge in [0, 0.05) is 37.7 Å². The molecule has 6 nitrogen and oxygen atoms in total. The van der Waals surface area contributed by atoms with Gasteiger partial charge in [-0.2, -0.15) is 0 Å². The minimum atomic E-state index is -0.978. The van der Waals surface area contributed by atoms with Crippen molar-refractivity contribution < 1.29 is 14.3 Å². The van der Waals surface area contributed by atoms with Gasteiger partial charge in [0.05, 0.1) is 9.21 Å². The van der Waals surface area contributed by atoms with Gasteiger partial charge in [0.25, 0.3) is 5.91 Å². The summed E-state index contributed by atoms with van der Waals surface area (Å²) in [6.45, 7) is 2.19. The molecule has 0 spiro atoms. The lowest BCUT2D eigenvalue weighted by Gasteiger charge is -2.30. The molecule has 0 saturated heterocycles. The van der Waals surface area contributed by atoms with Crippen molar-refractivity contribution in [3.05, 3.63) is 50.7 Å². The minimum absolute atomic E-state index is 0.262. The van der Waals surface area contributed by atoms with Gasteiger partial charge in [0.2, 0.25) is 0 Å². The van der Waals surface area contributed by atoms with Gasteiger partial charge in [0.15, 0.2) is 5.72 Å². The van der Waals surface area contributed by atoms with E-state index in [0.29, 0.717) is 22.1 Å². The summed E-state index contributed by atoms with van der Waals surface area (Å²) in [4.78, 5) is 28.5. The van der Waals surface area contributed by atoms with Crippen molar-refractivity contribution in [1.82, 2.24) is 10.2 Å². The van der Waals surface area contributed by atoms with Gasteiger partial charge in [-0.3, -0.25) is 15.0 Å². The zero-order valence-electron chi connectivity index (χ0n) is 18.0. The number of thiophene rings is 1. The van der Waals surface area contributed by atoms with Gasteiger partial charge >= 0.3 is 6.09 Å². The van der Waals surface area contributed by atoms with Crippen LogP contribution in [0, 0.1) is 0 Å². The number of halogens is 1. The van der Waals surface area contributed by atoms with Crippen molar-refractivity contribution >= 4 is 40.6 Å². The maximum Gasteiger partial charge on any atom is 0.413 e. The van der Waals surface area contributed by atoms with Gasteiger partial charge in [-0.05, 0) is 73.9 Å². The van der Waals surface area contributed by atoms with E-state index in [2.05, 4.69) is 27.7 Å². The number of nitrogens with zero attached hydrogens (tertiary/aromatic N) is 1. The number of carbonyl (C=O) groups excluding carboxylic acids is 2. The number of anilines is 1. The number of hydrogen-bond donors (Lipinski definition) is 2. The molecule has 2 amide bonds. The van der Waals surface area contributed by atoms with Crippen molar-refractivity contribution in [3.63, 3.8) is 0 Å². The third-order valence-corrected chi connectivity index (χ3v) is 7.92. The van der Waals surface area contributed by atoms with Crippen LogP contribution in [0.25, 0.3) is 0 Å². The van der Waals surface area contributed by atoms with Crippen LogP contribution < -0.4 is 10.6 Å². The van der Waals surface area contributed by atoms with Crippen LogP contribution in [0.1, 0.15) is 59.3 Å². The predicted octanol–water partition coefficient (Wildman–Crippen LogP) is 5.21. The van der Waals surface area contributed by atoms with E-state index < -0.39 is 11.8 Å². The van der Waals surface area contributed by atoms with Gasteiger partial charge in [-0.1, -0.05) is 17.7 Å². The molecule has 2 fully saturated rings. The Morgan fingerprint density at radius 3 is 2.50 bits per heavy atom. The Labute approximate surface area is 197 Å². The topological polar surface area (TPSA) is 70.7 Å². The van der Waals surface area contributed by atoms with E-state index in [1.807, 2.05) is 6.07 Å². The standard InChI is InChI=1S/C24H28ClN3O3S/c25-21-8-7-20(32-21)22(29)27-24(11-1-2-12-24)31-23(30)26-18-4-3-16-9-13-28(19-5-6-19)14-10-17(16)15-18/h3-4,7-8,15,19H,1-2,5-6,9-14H2,(H,26,30)(H,27,29). The molecule has 2 heterocycles. The Morgan fingerprint density at radius 2 is 1.81 bits per heavy atom. The van der Waals surface area contributed by atoms with Gasteiger partial charge < -0.3 is 10.1 Å². The first-order chi connectivity index (χ1) is 15.5. The Morgan fingerprint density at radius 1 is 1.06 bits per heavy atom. The summed E-state index contributed by atoms with van der Waals surface area (Å²) in [7, 11) is 0. The summed E-state index contributed by atoms with van der Waals surface area (Å²) in [5.74, 6) is -0.262. The highest BCUT2D eigenvalue weighted by molar-refractivity contribution is 7.18. The van der Waals surface area contributed by atoms with Crippen molar-refractivity contribution in [2.45, 2.75) is 63.1 Å². The highest BCUT2D eigenvalue weighted by atomic mass is 35.5. The number of hydrogen-bond acceptors (Lipinski definition) is 5. The Balaban J connectivity index is 1.23. The number of ether oxygens (including phenoxy) is 1. The Hall–Kier alpha value is -2.09. The number of carbonyl (C=O) groups is 2. The second kappa shape index (κ2) is 9.04. The van der Waals surface area contributed by atoms with Crippen molar-refractivity contribution in [1.29, 1.82) is 0 Å². The summed E-state index contributed by atoms with van der Waals surface area (Å²) in [5.41, 5.74) is 2.41. The molecule has 0 radical (unpaired) electrons. The molecule has 5 rings (SSSR count). The van der Waals surface area contributed by atoms with Crippen LogP contribution in [0.5, 0.6) is 0 Å². The molecule has 2 aromatic rings. The molecule has 0 unspecified atom stereocenters. The molecule has 2 N–H and O–H groups in total. The molecule has 3 aliphatic rings. The molecule has 170 valence electrons. The van der Waals surface area contributed by atoms with E-state index in [9.17, 15) is 9.59 Å². The van der Waals surface area contributed by atoms with E-state index in [-0.39, 0.29) is 5.91 Å².